The number of likely N-dealkylation sites (N-methyl/N-ethyl adjacent to an activating group) is 1. The molecule has 1 saturated heterocycles. The van der Waals surface area contributed by atoms with E-state index in [2.05, 4.69) is 36.0 Å². The lowest BCUT2D eigenvalue weighted by Gasteiger charge is -2.45. The summed E-state index contributed by atoms with van der Waals surface area (Å²) in [5.74, 6) is 0.0972. The Morgan fingerprint density at radius 2 is 2.00 bits per heavy atom. The molecule has 1 aromatic rings. The first-order valence-corrected chi connectivity index (χ1v) is 6.35. The van der Waals surface area contributed by atoms with Crippen molar-refractivity contribution in [2.45, 2.75) is 33.2 Å². The molecule has 1 N–H and O–H groups in total. The molecule has 100 valence electrons. The summed E-state index contributed by atoms with van der Waals surface area (Å²) >= 11 is 0. The molecule has 0 aliphatic carbocycles. The Labute approximate surface area is 108 Å². The summed E-state index contributed by atoms with van der Waals surface area (Å²) in [4.78, 5) is 16.8. The summed E-state index contributed by atoms with van der Waals surface area (Å²) in [5, 5.41) is 6.98. The highest BCUT2D eigenvalue weighted by Gasteiger charge is 2.34. The van der Waals surface area contributed by atoms with Crippen LogP contribution >= 0.6 is 0 Å². The van der Waals surface area contributed by atoms with Gasteiger partial charge in [0.1, 0.15) is 0 Å². The van der Waals surface area contributed by atoms with Gasteiger partial charge < -0.3 is 4.90 Å². The molecule has 5 heteroatoms. The van der Waals surface area contributed by atoms with Gasteiger partial charge in [0, 0.05) is 30.9 Å². The van der Waals surface area contributed by atoms with E-state index in [0.29, 0.717) is 0 Å². The van der Waals surface area contributed by atoms with Crippen LogP contribution in [0.1, 0.15) is 35.6 Å². The Kier molecular flexibility index (Phi) is 3.19. The Balaban J connectivity index is 2.21. The Morgan fingerprint density at radius 1 is 1.33 bits per heavy atom. The zero-order chi connectivity index (χ0) is 13.5. The predicted octanol–water partition coefficient (Wildman–Crippen LogP) is 1.19. The van der Waals surface area contributed by atoms with Crippen molar-refractivity contribution in [3.63, 3.8) is 0 Å². The van der Waals surface area contributed by atoms with Gasteiger partial charge in [0.15, 0.2) is 0 Å². The molecule has 0 unspecified atom stereocenters. The topological polar surface area (TPSA) is 52.2 Å². The fraction of sp³-hybridized carbons (Fsp3) is 0.692. The third kappa shape index (κ3) is 2.14. The zero-order valence-electron chi connectivity index (χ0n) is 11.9. The van der Waals surface area contributed by atoms with Gasteiger partial charge in [0.25, 0.3) is 5.91 Å². The molecular formula is C13H22N4O. The lowest BCUT2D eigenvalue weighted by molar-refractivity contribution is 0.0310. The summed E-state index contributed by atoms with van der Waals surface area (Å²) in [7, 11) is 2.11. The molecule has 1 aliphatic rings. The Morgan fingerprint density at radius 3 is 2.50 bits per heavy atom. The molecule has 0 spiro atoms. The zero-order valence-corrected chi connectivity index (χ0v) is 11.9. The quantitative estimate of drug-likeness (QED) is 0.814. The minimum absolute atomic E-state index is 0.0272. The number of piperazine rings is 1. The van der Waals surface area contributed by atoms with Gasteiger partial charge in [0.05, 0.1) is 11.3 Å². The number of H-pyrrole nitrogens is 1. The summed E-state index contributed by atoms with van der Waals surface area (Å²) in [6.45, 7) is 10.6. The van der Waals surface area contributed by atoms with E-state index >= 15 is 0 Å². The lowest BCUT2D eigenvalue weighted by Crippen LogP contribution is -2.58. The van der Waals surface area contributed by atoms with Crippen molar-refractivity contribution in [1.29, 1.82) is 0 Å². The summed E-state index contributed by atoms with van der Waals surface area (Å²) < 4.78 is 0. The van der Waals surface area contributed by atoms with E-state index in [1.54, 1.807) is 0 Å². The summed E-state index contributed by atoms with van der Waals surface area (Å²) in [5.41, 5.74) is 2.40. The first kappa shape index (κ1) is 13.1. The van der Waals surface area contributed by atoms with Gasteiger partial charge in [-0.1, -0.05) is 0 Å². The van der Waals surface area contributed by atoms with Crippen LogP contribution in [-0.4, -0.2) is 58.1 Å². The maximum atomic E-state index is 12.5. The summed E-state index contributed by atoms with van der Waals surface area (Å²) in [6.07, 6.45) is 0. The van der Waals surface area contributed by atoms with Crippen LogP contribution in [0.15, 0.2) is 0 Å². The van der Waals surface area contributed by atoms with Crippen molar-refractivity contribution in [2.75, 3.05) is 26.7 Å². The number of aromatic nitrogens is 2. The number of amides is 1. The van der Waals surface area contributed by atoms with Gasteiger partial charge in [0.2, 0.25) is 0 Å². The monoisotopic (exact) mass is 250 g/mol. The second kappa shape index (κ2) is 4.39. The van der Waals surface area contributed by atoms with E-state index in [1.807, 2.05) is 18.7 Å². The number of aryl methyl sites for hydroxylation is 2. The van der Waals surface area contributed by atoms with E-state index in [4.69, 9.17) is 0 Å². The van der Waals surface area contributed by atoms with Crippen LogP contribution in [0, 0.1) is 13.8 Å². The van der Waals surface area contributed by atoms with Gasteiger partial charge in [-0.3, -0.25) is 14.8 Å². The van der Waals surface area contributed by atoms with E-state index in [9.17, 15) is 4.79 Å². The molecule has 1 aromatic heterocycles. The average molecular weight is 250 g/mol. The van der Waals surface area contributed by atoms with Crippen LogP contribution in [-0.2, 0) is 0 Å². The molecule has 1 amide bonds. The lowest BCUT2D eigenvalue weighted by atomic mass is 9.99. The highest BCUT2D eigenvalue weighted by atomic mass is 16.2. The number of carbonyl (C=O) groups is 1. The smallest absolute Gasteiger partial charge is 0.257 e. The molecule has 0 saturated carbocycles. The molecule has 0 atom stereocenters. The number of nitrogens with zero attached hydrogens (tertiary/aromatic N) is 3. The molecular weight excluding hydrogens is 228 g/mol. The normalized spacial score (nSPS) is 20.2. The van der Waals surface area contributed by atoms with Gasteiger partial charge in [-0.05, 0) is 34.7 Å². The van der Waals surface area contributed by atoms with Gasteiger partial charge in [-0.2, -0.15) is 5.10 Å². The molecule has 0 radical (unpaired) electrons. The van der Waals surface area contributed by atoms with Crippen molar-refractivity contribution in [3.8, 4) is 0 Å². The van der Waals surface area contributed by atoms with Crippen molar-refractivity contribution in [3.05, 3.63) is 17.0 Å². The van der Waals surface area contributed by atoms with E-state index in [-0.39, 0.29) is 11.4 Å². The fourth-order valence-corrected chi connectivity index (χ4v) is 2.44. The molecule has 0 aromatic carbocycles. The molecule has 5 nitrogen and oxygen atoms in total. The third-order valence-corrected chi connectivity index (χ3v) is 3.95. The fourth-order valence-electron chi connectivity index (χ4n) is 2.44. The molecule has 2 rings (SSSR count). The molecule has 18 heavy (non-hydrogen) atoms. The third-order valence-electron chi connectivity index (χ3n) is 3.95. The van der Waals surface area contributed by atoms with Crippen LogP contribution in [0.5, 0.6) is 0 Å². The second-order valence-corrected chi connectivity index (χ2v) is 5.77. The minimum Gasteiger partial charge on any atom is -0.335 e. The second-order valence-electron chi connectivity index (χ2n) is 5.77. The number of aromatic amines is 1. The average Bonchev–Trinajstić information content (AvgIpc) is 2.61. The molecule has 1 fully saturated rings. The maximum Gasteiger partial charge on any atom is 0.257 e. The van der Waals surface area contributed by atoms with E-state index in [1.165, 1.54) is 0 Å². The van der Waals surface area contributed by atoms with Crippen molar-refractivity contribution in [1.82, 2.24) is 20.0 Å². The highest BCUT2D eigenvalue weighted by Crippen LogP contribution is 2.21. The Hall–Kier alpha value is -1.36. The SMILES string of the molecule is Cc1n[nH]c(C)c1C(=O)N1CCN(C)C(C)(C)C1. The van der Waals surface area contributed by atoms with Gasteiger partial charge >= 0.3 is 0 Å². The number of nitrogens with one attached hydrogen (secondary N) is 1. The number of carbonyl (C=O) groups excluding carboxylic acids is 1. The first-order chi connectivity index (χ1) is 8.33. The maximum absolute atomic E-state index is 12.5. The van der Waals surface area contributed by atoms with Crippen LogP contribution in [0.2, 0.25) is 0 Å². The molecule has 2 heterocycles. The van der Waals surface area contributed by atoms with Gasteiger partial charge in [-0.15, -0.1) is 0 Å². The first-order valence-electron chi connectivity index (χ1n) is 6.35. The van der Waals surface area contributed by atoms with E-state index in [0.717, 1.165) is 36.6 Å². The number of hydrogen-bond donors (Lipinski definition) is 1. The predicted molar refractivity (Wildman–Crippen MR) is 70.7 cm³/mol. The Bertz CT molecular complexity index is 444. The highest BCUT2D eigenvalue weighted by molar-refractivity contribution is 5.96. The standard InChI is InChI=1S/C13H22N4O/c1-9-11(10(2)15-14-9)12(18)17-7-6-16(5)13(3,4)8-17/h6-8H2,1-5H3,(H,14,15). The molecule has 1 aliphatic heterocycles. The van der Waals surface area contributed by atoms with Crippen LogP contribution in [0.4, 0.5) is 0 Å². The van der Waals surface area contributed by atoms with Crippen LogP contribution < -0.4 is 0 Å². The van der Waals surface area contributed by atoms with Crippen LogP contribution in [0.25, 0.3) is 0 Å². The van der Waals surface area contributed by atoms with Crippen molar-refractivity contribution in [2.24, 2.45) is 0 Å². The number of hydrogen-bond acceptors (Lipinski definition) is 3. The number of rotatable bonds is 1. The summed E-state index contributed by atoms with van der Waals surface area (Å²) in [6, 6.07) is 0. The van der Waals surface area contributed by atoms with Gasteiger partial charge in [-0.25, -0.2) is 0 Å². The largest absolute Gasteiger partial charge is 0.335 e. The van der Waals surface area contributed by atoms with Crippen LogP contribution in [0.3, 0.4) is 0 Å². The van der Waals surface area contributed by atoms with Crippen molar-refractivity contribution >= 4 is 5.91 Å². The van der Waals surface area contributed by atoms with Crippen molar-refractivity contribution < 1.29 is 4.79 Å². The minimum atomic E-state index is 0.0272. The molecule has 0 bridgehead atoms. The van der Waals surface area contributed by atoms with E-state index < -0.39 is 0 Å².